The number of nitrogens with zero attached hydrogens (tertiary/aromatic N) is 1. The average molecular weight is 331 g/mol. The third-order valence-electron chi connectivity index (χ3n) is 3.11. The highest BCUT2D eigenvalue weighted by atomic mass is 19.1. The van der Waals surface area contributed by atoms with Gasteiger partial charge in [0.05, 0.1) is 27.0 Å². The Bertz CT molecular complexity index is 718. The summed E-state index contributed by atoms with van der Waals surface area (Å²) in [6.07, 6.45) is 1.50. The molecular weight excluding hydrogens is 313 g/mol. The average Bonchev–Trinajstić information content (AvgIpc) is 2.61. The molecule has 2 aromatic carbocycles. The topological polar surface area (TPSA) is 72.0 Å². The fourth-order valence-corrected chi connectivity index (χ4v) is 1.90. The van der Waals surface area contributed by atoms with Gasteiger partial charge in [-0.3, -0.25) is 4.79 Å². The molecule has 0 unspecified atom stereocenters. The van der Waals surface area contributed by atoms with Crippen LogP contribution in [0, 0.1) is 5.82 Å². The Labute approximate surface area is 139 Å². The maximum atomic E-state index is 12.8. The molecule has 0 heterocycles. The number of ether oxygens (including phenoxy) is 2. The van der Waals surface area contributed by atoms with E-state index in [4.69, 9.17) is 9.47 Å². The third-order valence-corrected chi connectivity index (χ3v) is 3.11. The number of amides is 1. The van der Waals surface area contributed by atoms with Gasteiger partial charge < -0.3 is 14.8 Å². The lowest BCUT2D eigenvalue weighted by molar-refractivity contribution is -0.119. The normalized spacial score (nSPS) is 10.5. The van der Waals surface area contributed by atoms with Crippen molar-refractivity contribution >= 4 is 17.8 Å². The van der Waals surface area contributed by atoms with Crippen LogP contribution < -0.4 is 20.2 Å². The van der Waals surface area contributed by atoms with Gasteiger partial charge in [0.1, 0.15) is 5.82 Å². The third kappa shape index (κ3) is 4.98. The molecular formula is C17H18FN3O3. The summed E-state index contributed by atoms with van der Waals surface area (Å²) in [6.45, 7) is 0.0227. The van der Waals surface area contributed by atoms with Crippen LogP contribution in [0.4, 0.5) is 10.1 Å². The highest BCUT2D eigenvalue weighted by Crippen LogP contribution is 2.26. The first-order valence-corrected chi connectivity index (χ1v) is 7.15. The fourth-order valence-electron chi connectivity index (χ4n) is 1.90. The summed E-state index contributed by atoms with van der Waals surface area (Å²) in [5, 5.41) is 6.74. The van der Waals surface area contributed by atoms with Gasteiger partial charge in [-0.05, 0) is 48.0 Å². The van der Waals surface area contributed by atoms with E-state index < -0.39 is 0 Å². The molecule has 0 saturated heterocycles. The highest BCUT2D eigenvalue weighted by Gasteiger charge is 2.03. The lowest BCUT2D eigenvalue weighted by atomic mass is 10.2. The molecule has 0 aliphatic heterocycles. The van der Waals surface area contributed by atoms with Crippen molar-refractivity contribution in [2.45, 2.75) is 0 Å². The predicted molar refractivity (Wildman–Crippen MR) is 90.2 cm³/mol. The van der Waals surface area contributed by atoms with E-state index in [1.807, 2.05) is 0 Å². The molecule has 24 heavy (non-hydrogen) atoms. The van der Waals surface area contributed by atoms with Crippen molar-refractivity contribution in [3.63, 3.8) is 0 Å². The molecule has 126 valence electrons. The number of carbonyl (C=O) groups is 1. The van der Waals surface area contributed by atoms with E-state index in [1.54, 1.807) is 44.6 Å². The van der Waals surface area contributed by atoms with E-state index in [-0.39, 0.29) is 18.3 Å². The molecule has 0 fully saturated rings. The summed E-state index contributed by atoms with van der Waals surface area (Å²) in [5.41, 5.74) is 3.80. The fraction of sp³-hybridized carbons (Fsp3) is 0.176. The smallest absolute Gasteiger partial charge is 0.259 e. The van der Waals surface area contributed by atoms with E-state index in [0.717, 1.165) is 5.56 Å². The second-order valence-corrected chi connectivity index (χ2v) is 4.77. The van der Waals surface area contributed by atoms with Crippen molar-refractivity contribution in [2.24, 2.45) is 5.10 Å². The van der Waals surface area contributed by atoms with Gasteiger partial charge in [0.2, 0.25) is 0 Å². The second-order valence-electron chi connectivity index (χ2n) is 4.77. The summed E-state index contributed by atoms with van der Waals surface area (Å²) in [5.74, 6) is 0.536. The van der Waals surface area contributed by atoms with Crippen LogP contribution in [0.15, 0.2) is 47.6 Å². The summed E-state index contributed by atoms with van der Waals surface area (Å²) in [7, 11) is 3.10. The standard InChI is InChI=1S/C17H18FN3O3/c1-23-15-8-3-12(9-16(15)24-2)10-20-21-17(22)11-19-14-6-4-13(18)5-7-14/h3-10,19H,11H2,1-2H3,(H,21,22). The molecule has 2 N–H and O–H groups in total. The van der Waals surface area contributed by atoms with E-state index in [1.165, 1.54) is 18.3 Å². The van der Waals surface area contributed by atoms with Gasteiger partial charge in [-0.1, -0.05) is 0 Å². The highest BCUT2D eigenvalue weighted by molar-refractivity contribution is 5.84. The first-order chi connectivity index (χ1) is 11.6. The molecule has 0 spiro atoms. The molecule has 0 aliphatic rings. The predicted octanol–water partition coefficient (Wildman–Crippen LogP) is 2.41. The van der Waals surface area contributed by atoms with E-state index >= 15 is 0 Å². The van der Waals surface area contributed by atoms with Gasteiger partial charge in [0.15, 0.2) is 11.5 Å². The maximum absolute atomic E-state index is 12.8. The number of carbonyl (C=O) groups excluding carboxylic acids is 1. The number of hydrogen-bond donors (Lipinski definition) is 2. The van der Waals surface area contributed by atoms with Gasteiger partial charge in [0.25, 0.3) is 5.91 Å². The van der Waals surface area contributed by atoms with Crippen molar-refractivity contribution < 1.29 is 18.7 Å². The van der Waals surface area contributed by atoms with Crippen molar-refractivity contribution in [3.8, 4) is 11.5 Å². The van der Waals surface area contributed by atoms with Crippen LogP contribution in [0.1, 0.15) is 5.56 Å². The minimum atomic E-state index is -0.329. The summed E-state index contributed by atoms with van der Waals surface area (Å²) >= 11 is 0. The Balaban J connectivity index is 1.84. The van der Waals surface area contributed by atoms with Crippen LogP contribution in [0.5, 0.6) is 11.5 Å². The lowest BCUT2D eigenvalue weighted by Crippen LogP contribution is -2.25. The van der Waals surface area contributed by atoms with Crippen LogP contribution in [-0.4, -0.2) is 32.9 Å². The van der Waals surface area contributed by atoms with Crippen LogP contribution >= 0.6 is 0 Å². The number of nitrogens with one attached hydrogen (secondary N) is 2. The van der Waals surface area contributed by atoms with Crippen LogP contribution in [-0.2, 0) is 4.79 Å². The minimum absolute atomic E-state index is 0.0227. The van der Waals surface area contributed by atoms with Crippen molar-refractivity contribution in [1.29, 1.82) is 0 Å². The molecule has 0 radical (unpaired) electrons. The van der Waals surface area contributed by atoms with Gasteiger partial charge in [-0.15, -0.1) is 0 Å². The van der Waals surface area contributed by atoms with E-state index in [9.17, 15) is 9.18 Å². The molecule has 2 aromatic rings. The maximum Gasteiger partial charge on any atom is 0.259 e. The Morgan fingerprint density at radius 3 is 2.50 bits per heavy atom. The molecule has 0 aromatic heterocycles. The van der Waals surface area contributed by atoms with Crippen molar-refractivity contribution in [2.75, 3.05) is 26.1 Å². The summed E-state index contributed by atoms with van der Waals surface area (Å²) in [4.78, 5) is 11.7. The molecule has 0 aliphatic carbocycles. The van der Waals surface area contributed by atoms with Gasteiger partial charge in [-0.2, -0.15) is 5.10 Å². The Morgan fingerprint density at radius 1 is 1.12 bits per heavy atom. The zero-order valence-electron chi connectivity index (χ0n) is 13.4. The van der Waals surface area contributed by atoms with E-state index in [2.05, 4.69) is 15.8 Å². The zero-order chi connectivity index (χ0) is 17.4. The number of hydrogen-bond acceptors (Lipinski definition) is 5. The van der Waals surface area contributed by atoms with Crippen LogP contribution in [0.25, 0.3) is 0 Å². The zero-order valence-corrected chi connectivity index (χ0v) is 13.4. The molecule has 0 atom stereocenters. The van der Waals surface area contributed by atoms with Gasteiger partial charge in [-0.25, -0.2) is 9.82 Å². The van der Waals surface area contributed by atoms with Crippen LogP contribution in [0.2, 0.25) is 0 Å². The van der Waals surface area contributed by atoms with Crippen molar-refractivity contribution in [3.05, 3.63) is 53.8 Å². The van der Waals surface area contributed by atoms with Crippen LogP contribution in [0.3, 0.4) is 0 Å². The van der Waals surface area contributed by atoms with E-state index in [0.29, 0.717) is 17.2 Å². The molecule has 1 amide bonds. The number of anilines is 1. The number of halogens is 1. The molecule has 2 rings (SSSR count). The first kappa shape index (κ1) is 17.3. The Hall–Kier alpha value is -3.09. The molecule has 7 heteroatoms. The van der Waals surface area contributed by atoms with Gasteiger partial charge >= 0.3 is 0 Å². The molecule has 6 nitrogen and oxygen atoms in total. The number of methoxy groups -OCH3 is 2. The molecule has 0 saturated carbocycles. The quantitative estimate of drug-likeness (QED) is 0.604. The summed E-state index contributed by atoms with van der Waals surface area (Å²) < 4.78 is 23.1. The number of benzene rings is 2. The largest absolute Gasteiger partial charge is 0.493 e. The first-order valence-electron chi connectivity index (χ1n) is 7.15. The summed E-state index contributed by atoms with van der Waals surface area (Å²) in [6, 6.07) is 11.0. The second kappa shape index (κ2) is 8.52. The Kier molecular flexibility index (Phi) is 6.13. The lowest BCUT2D eigenvalue weighted by Gasteiger charge is -2.07. The van der Waals surface area contributed by atoms with Crippen molar-refractivity contribution in [1.82, 2.24) is 5.43 Å². The number of hydrazone groups is 1. The Morgan fingerprint density at radius 2 is 1.83 bits per heavy atom. The van der Waals surface area contributed by atoms with Gasteiger partial charge in [0, 0.05) is 5.69 Å². The molecule has 0 bridgehead atoms. The number of rotatable bonds is 7. The monoisotopic (exact) mass is 331 g/mol. The minimum Gasteiger partial charge on any atom is -0.493 e. The SMILES string of the molecule is COc1ccc(C=NNC(=O)CNc2ccc(F)cc2)cc1OC.